The number of aryl methyl sites for hydroxylation is 1. The molecule has 0 nitrogen and oxygen atoms in total. The van der Waals surface area contributed by atoms with Crippen molar-refractivity contribution in [2.45, 2.75) is 18.8 Å². The van der Waals surface area contributed by atoms with E-state index >= 15 is 0 Å². The second kappa shape index (κ2) is 5.32. The van der Waals surface area contributed by atoms with Crippen LogP contribution in [0.4, 0.5) is 0 Å². The summed E-state index contributed by atoms with van der Waals surface area (Å²) in [5.41, 5.74) is 6.88. The van der Waals surface area contributed by atoms with E-state index in [1.54, 1.807) is 0 Å². The number of rotatable bonds is 2. The third kappa shape index (κ3) is 2.01. The fourth-order valence-electron chi connectivity index (χ4n) is 4.62. The first-order valence-corrected chi connectivity index (χ1v) is 8.93. The molecule has 0 N–H and O–H groups in total. The van der Waals surface area contributed by atoms with Gasteiger partial charge in [0, 0.05) is 5.41 Å². The van der Waals surface area contributed by atoms with E-state index in [0.717, 1.165) is 6.42 Å². The first-order valence-electron chi connectivity index (χ1n) is 8.93. The summed E-state index contributed by atoms with van der Waals surface area (Å²) in [6.45, 7) is 2.19. The molecular formula is C25H20. The van der Waals surface area contributed by atoms with Crippen LogP contribution < -0.4 is 0 Å². The summed E-state index contributed by atoms with van der Waals surface area (Å²) in [4.78, 5) is 0. The van der Waals surface area contributed by atoms with Crippen molar-refractivity contribution in [2.75, 3.05) is 0 Å². The van der Waals surface area contributed by atoms with Crippen LogP contribution in [0.3, 0.4) is 0 Å². The summed E-state index contributed by atoms with van der Waals surface area (Å²) in [5, 5.41) is 2.79. The Morgan fingerprint density at radius 1 is 0.680 bits per heavy atom. The van der Waals surface area contributed by atoms with Crippen LogP contribution in [0, 0.1) is 6.92 Å². The maximum Gasteiger partial charge on any atom is 0.0498 e. The molecule has 1 aliphatic carbocycles. The van der Waals surface area contributed by atoms with E-state index in [1.807, 2.05) is 0 Å². The highest BCUT2D eigenvalue weighted by atomic mass is 14.4. The number of hydrogen-bond acceptors (Lipinski definition) is 0. The Morgan fingerprint density at radius 3 is 2.20 bits per heavy atom. The molecule has 1 aliphatic rings. The van der Waals surface area contributed by atoms with Crippen LogP contribution >= 0.6 is 0 Å². The fourth-order valence-corrected chi connectivity index (χ4v) is 4.62. The van der Waals surface area contributed by atoms with Gasteiger partial charge in [0.2, 0.25) is 0 Å². The molecule has 0 amide bonds. The topological polar surface area (TPSA) is 0 Å². The van der Waals surface area contributed by atoms with Crippen molar-refractivity contribution in [3.8, 4) is 0 Å². The van der Waals surface area contributed by atoms with Crippen molar-refractivity contribution in [3.63, 3.8) is 0 Å². The zero-order chi connectivity index (χ0) is 16.9. The molecule has 4 aromatic carbocycles. The Morgan fingerprint density at radius 2 is 1.40 bits per heavy atom. The normalized spacial score (nSPS) is 18.6. The lowest BCUT2D eigenvalue weighted by Crippen LogP contribution is -2.28. The van der Waals surface area contributed by atoms with Gasteiger partial charge in [-0.05, 0) is 46.4 Å². The zero-order valence-corrected chi connectivity index (χ0v) is 14.4. The van der Waals surface area contributed by atoms with Crippen LogP contribution in [0.5, 0.6) is 0 Å². The maximum absolute atomic E-state index is 2.36. The van der Waals surface area contributed by atoms with Gasteiger partial charge in [-0.3, -0.25) is 0 Å². The minimum absolute atomic E-state index is 0.101. The second-order valence-electron chi connectivity index (χ2n) is 7.14. The molecule has 0 radical (unpaired) electrons. The molecule has 0 saturated heterocycles. The van der Waals surface area contributed by atoms with E-state index in [9.17, 15) is 0 Å². The Hall–Kier alpha value is -2.86. The zero-order valence-electron chi connectivity index (χ0n) is 14.4. The molecule has 0 aliphatic heterocycles. The first-order chi connectivity index (χ1) is 12.3. The quantitative estimate of drug-likeness (QED) is 0.422. The molecule has 25 heavy (non-hydrogen) atoms. The van der Waals surface area contributed by atoms with Crippen LogP contribution in [-0.4, -0.2) is 0 Å². The van der Waals surface area contributed by atoms with Gasteiger partial charge < -0.3 is 0 Å². The molecule has 0 heteroatoms. The van der Waals surface area contributed by atoms with Gasteiger partial charge in [-0.15, -0.1) is 0 Å². The minimum atomic E-state index is -0.101. The Bertz CT molecular complexity index is 1070. The summed E-state index contributed by atoms with van der Waals surface area (Å²) in [6.07, 6.45) is 1.02. The third-order valence-corrected chi connectivity index (χ3v) is 5.68. The van der Waals surface area contributed by atoms with Gasteiger partial charge in [0.1, 0.15) is 0 Å². The van der Waals surface area contributed by atoms with Crippen molar-refractivity contribution in [2.24, 2.45) is 0 Å². The summed E-state index contributed by atoms with van der Waals surface area (Å²) in [5.74, 6) is 0. The SMILES string of the molecule is Cc1cccc(C2(c3ccccc3)Cc3cccc4cccc2c34)c1. The van der Waals surface area contributed by atoms with Gasteiger partial charge in [0.25, 0.3) is 0 Å². The Kier molecular flexibility index (Phi) is 3.08. The van der Waals surface area contributed by atoms with Gasteiger partial charge in [-0.2, -0.15) is 0 Å². The molecule has 0 fully saturated rings. The van der Waals surface area contributed by atoms with E-state index in [4.69, 9.17) is 0 Å². The average Bonchev–Trinajstić information content (AvgIpc) is 3.00. The minimum Gasteiger partial charge on any atom is -0.0622 e. The van der Waals surface area contributed by atoms with Crippen molar-refractivity contribution in [1.29, 1.82) is 0 Å². The number of hydrogen-bond donors (Lipinski definition) is 0. The van der Waals surface area contributed by atoms with E-state index in [-0.39, 0.29) is 5.41 Å². The fraction of sp³-hybridized carbons (Fsp3) is 0.120. The summed E-state index contributed by atoms with van der Waals surface area (Å²) < 4.78 is 0. The average molecular weight is 320 g/mol. The molecule has 0 heterocycles. The van der Waals surface area contributed by atoms with Crippen LogP contribution in [0.2, 0.25) is 0 Å². The first kappa shape index (κ1) is 14.5. The maximum atomic E-state index is 2.36. The lowest BCUT2D eigenvalue weighted by Gasteiger charge is -2.32. The van der Waals surface area contributed by atoms with E-state index in [1.165, 1.54) is 38.6 Å². The molecule has 5 rings (SSSR count). The van der Waals surface area contributed by atoms with Crippen LogP contribution in [0.1, 0.15) is 27.8 Å². The Labute approximate surface area is 148 Å². The third-order valence-electron chi connectivity index (χ3n) is 5.68. The van der Waals surface area contributed by atoms with Crippen molar-refractivity contribution < 1.29 is 0 Å². The van der Waals surface area contributed by atoms with Crippen LogP contribution in [-0.2, 0) is 11.8 Å². The standard InChI is InChI=1S/C25H20/c1-18-8-5-14-22(16-18)25(21-12-3-2-4-13-21)17-20-11-6-9-19-10-7-15-23(25)24(19)20/h2-16H,17H2,1H3. The van der Waals surface area contributed by atoms with E-state index in [0.29, 0.717) is 0 Å². The van der Waals surface area contributed by atoms with Crippen LogP contribution in [0.15, 0.2) is 91.0 Å². The highest BCUT2D eigenvalue weighted by Gasteiger charge is 2.42. The molecule has 1 atom stereocenters. The molecule has 0 aromatic heterocycles. The Balaban J connectivity index is 1.90. The molecule has 4 aromatic rings. The molecule has 0 saturated carbocycles. The monoisotopic (exact) mass is 320 g/mol. The van der Waals surface area contributed by atoms with Crippen molar-refractivity contribution in [1.82, 2.24) is 0 Å². The lowest BCUT2D eigenvalue weighted by molar-refractivity contribution is 0.641. The van der Waals surface area contributed by atoms with E-state index < -0.39 is 0 Å². The van der Waals surface area contributed by atoms with Gasteiger partial charge >= 0.3 is 0 Å². The molecule has 1 unspecified atom stereocenters. The molecule has 0 spiro atoms. The lowest BCUT2D eigenvalue weighted by atomic mass is 9.69. The summed E-state index contributed by atoms with van der Waals surface area (Å²) >= 11 is 0. The van der Waals surface area contributed by atoms with Gasteiger partial charge in [-0.1, -0.05) is 96.6 Å². The van der Waals surface area contributed by atoms with Crippen molar-refractivity contribution >= 4 is 10.8 Å². The largest absolute Gasteiger partial charge is 0.0622 e. The van der Waals surface area contributed by atoms with Crippen molar-refractivity contribution in [3.05, 3.63) is 119 Å². The summed E-state index contributed by atoms with van der Waals surface area (Å²) in [6, 6.07) is 33.5. The smallest absolute Gasteiger partial charge is 0.0498 e. The summed E-state index contributed by atoms with van der Waals surface area (Å²) in [7, 11) is 0. The highest BCUT2D eigenvalue weighted by Crippen LogP contribution is 2.50. The highest BCUT2D eigenvalue weighted by molar-refractivity contribution is 5.94. The predicted octanol–water partition coefficient (Wildman–Crippen LogP) is 6.04. The predicted molar refractivity (Wildman–Crippen MR) is 105 cm³/mol. The number of benzene rings is 4. The van der Waals surface area contributed by atoms with Gasteiger partial charge in [0.15, 0.2) is 0 Å². The van der Waals surface area contributed by atoms with Gasteiger partial charge in [-0.25, -0.2) is 0 Å². The molecule has 0 bridgehead atoms. The molecular weight excluding hydrogens is 300 g/mol. The van der Waals surface area contributed by atoms with Crippen LogP contribution in [0.25, 0.3) is 10.8 Å². The van der Waals surface area contributed by atoms with E-state index in [2.05, 4.69) is 97.9 Å². The molecule has 120 valence electrons. The second-order valence-corrected chi connectivity index (χ2v) is 7.14. The van der Waals surface area contributed by atoms with Gasteiger partial charge in [0.05, 0.1) is 0 Å².